The van der Waals surface area contributed by atoms with Crippen molar-refractivity contribution in [3.05, 3.63) is 29.8 Å². The molecule has 3 N–H and O–H groups in total. The third kappa shape index (κ3) is 4.29. The predicted molar refractivity (Wildman–Crippen MR) is 80.8 cm³/mol. The number of hydrogen-bond donors (Lipinski definition) is 3. The Kier molecular flexibility index (Phi) is 5.33. The number of rotatable bonds is 3. The van der Waals surface area contributed by atoms with Crippen LogP contribution in [0.25, 0.3) is 0 Å². The van der Waals surface area contributed by atoms with Crippen LogP contribution in [0.1, 0.15) is 31.2 Å². The number of aryl methyl sites for hydroxylation is 1. The van der Waals surface area contributed by atoms with Crippen molar-refractivity contribution in [1.29, 1.82) is 0 Å². The van der Waals surface area contributed by atoms with Gasteiger partial charge in [0.1, 0.15) is 0 Å². The highest BCUT2D eigenvalue weighted by atomic mass is 16.3. The summed E-state index contributed by atoms with van der Waals surface area (Å²) >= 11 is 0. The maximum absolute atomic E-state index is 11.8. The van der Waals surface area contributed by atoms with Crippen LogP contribution < -0.4 is 10.6 Å². The fourth-order valence-electron chi connectivity index (χ4n) is 2.62. The van der Waals surface area contributed by atoms with Gasteiger partial charge in [0.05, 0.1) is 6.10 Å². The average Bonchev–Trinajstić information content (AvgIpc) is 2.48. The van der Waals surface area contributed by atoms with Crippen molar-refractivity contribution in [2.75, 3.05) is 11.9 Å². The molecule has 2 amide bonds. The Bertz CT molecular complexity index is 516. The molecule has 2 atom stereocenters. The van der Waals surface area contributed by atoms with E-state index in [0.29, 0.717) is 12.2 Å². The third-order valence-corrected chi connectivity index (χ3v) is 3.99. The van der Waals surface area contributed by atoms with E-state index >= 15 is 0 Å². The molecule has 0 radical (unpaired) electrons. The van der Waals surface area contributed by atoms with Gasteiger partial charge in [-0.2, -0.15) is 0 Å². The number of aliphatic hydroxyl groups is 1. The molecule has 0 aromatic heterocycles. The van der Waals surface area contributed by atoms with Gasteiger partial charge in [0.2, 0.25) is 0 Å². The first-order valence-corrected chi connectivity index (χ1v) is 7.41. The van der Waals surface area contributed by atoms with Gasteiger partial charge in [-0.15, -0.1) is 0 Å². The van der Waals surface area contributed by atoms with Gasteiger partial charge in [0.15, 0.2) is 0 Å². The molecule has 0 heterocycles. The normalized spacial score (nSPS) is 21.6. The van der Waals surface area contributed by atoms with Crippen molar-refractivity contribution in [3.63, 3.8) is 0 Å². The maximum atomic E-state index is 11.8. The van der Waals surface area contributed by atoms with E-state index in [0.717, 1.165) is 31.2 Å². The summed E-state index contributed by atoms with van der Waals surface area (Å²) in [6.07, 6.45) is 3.38. The van der Waals surface area contributed by atoms with Gasteiger partial charge in [-0.05, 0) is 31.4 Å². The van der Waals surface area contributed by atoms with Crippen molar-refractivity contribution in [2.24, 2.45) is 5.92 Å². The van der Waals surface area contributed by atoms with E-state index in [1.807, 2.05) is 19.1 Å². The summed E-state index contributed by atoms with van der Waals surface area (Å²) in [4.78, 5) is 23.6. The van der Waals surface area contributed by atoms with Gasteiger partial charge in [-0.25, -0.2) is 0 Å². The minimum Gasteiger partial charge on any atom is -0.393 e. The number of carbonyl (C=O) groups excluding carboxylic acids is 2. The number of para-hydroxylation sites is 1. The summed E-state index contributed by atoms with van der Waals surface area (Å²) in [7, 11) is 0. The van der Waals surface area contributed by atoms with E-state index in [4.69, 9.17) is 0 Å². The molecule has 1 fully saturated rings. The van der Waals surface area contributed by atoms with Gasteiger partial charge < -0.3 is 15.7 Å². The summed E-state index contributed by atoms with van der Waals surface area (Å²) in [5.41, 5.74) is 1.54. The first-order chi connectivity index (χ1) is 10.1. The Labute approximate surface area is 124 Å². The second-order valence-electron chi connectivity index (χ2n) is 5.59. The number of amides is 2. The van der Waals surface area contributed by atoms with Crippen LogP contribution >= 0.6 is 0 Å². The molecule has 1 aromatic rings. The van der Waals surface area contributed by atoms with E-state index < -0.39 is 11.8 Å². The Morgan fingerprint density at radius 2 is 1.90 bits per heavy atom. The van der Waals surface area contributed by atoms with Crippen LogP contribution in [0.3, 0.4) is 0 Å². The van der Waals surface area contributed by atoms with Crippen LogP contribution in [-0.2, 0) is 9.59 Å². The quantitative estimate of drug-likeness (QED) is 0.740. The minimum absolute atomic E-state index is 0.0500. The third-order valence-electron chi connectivity index (χ3n) is 3.99. The predicted octanol–water partition coefficient (Wildman–Crippen LogP) is 1.60. The van der Waals surface area contributed by atoms with E-state index in [9.17, 15) is 14.7 Å². The smallest absolute Gasteiger partial charge is 0.313 e. The van der Waals surface area contributed by atoms with Gasteiger partial charge in [0, 0.05) is 18.2 Å². The van der Waals surface area contributed by atoms with E-state index in [1.165, 1.54) is 0 Å². The molecule has 21 heavy (non-hydrogen) atoms. The van der Waals surface area contributed by atoms with Gasteiger partial charge in [-0.3, -0.25) is 9.59 Å². The Morgan fingerprint density at radius 1 is 1.19 bits per heavy atom. The summed E-state index contributed by atoms with van der Waals surface area (Å²) in [5, 5.41) is 15.0. The van der Waals surface area contributed by atoms with Crippen LogP contribution in [0.4, 0.5) is 5.69 Å². The van der Waals surface area contributed by atoms with E-state index in [1.54, 1.807) is 12.1 Å². The molecular formula is C16H22N2O3. The van der Waals surface area contributed by atoms with Gasteiger partial charge in [-0.1, -0.05) is 31.0 Å². The van der Waals surface area contributed by atoms with E-state index in [-0.39, 0.29) is 12.0 Å². The lowest BCUT2D eigenvalue weighted by Crippen LogP contribution is -2.41. The molecule has 114 valence electrons. The molecule has 0 aliphatic heterocycles. The molecule has 1 saturated carbocycles. The zero-order valence-electron chi connectivity index (χ0n) is 12.3. The summed E-state index contributed by atoms with van der Waals surface area (Å²) in [6, 6.07) is 7.30. The lowest BCUT2D eigenvalue weighted by Gasteiger charge is -2.27. The molecule has 5 nitrogen and oxygen atoms in total. The summed E-state index contributed by atoms with van der Waals surface area (Å²) < 4.78 is 0. The zero-order valence-corrected chi connectivity index (χ0v) is 12.3. The van der Waals surface area contributed by atoms with Crippen LogP contribution in [0.15, 0.2) is 24.3 Å². The fraction of sp³-hybridized carbons (Fsp3) is 0.500. The molecule has 1 aliphatic carbocycles. The maximum Gasteiger partial charge on any atom is 0.313 e. The molecule has 5 heteroatoms. The Balaban J connectivity index is 1.83. The number of aliphatic hydroxyl groups excluding tert-OH is 1. The van der Waals surface area contributed by atoms with Crippen molar-refractivity contribution in [1.82, 2.24) is 5.32 Å². The zero-order chi connectivity index (χ0) is 15.2. The molecule has 0 saturated heterocycles. The first kappa shape index (κ1) is 15.5. The molecule has 1 aromatic carbocycles. The Hall–Kier alpha value is -1.88. The topological polar surface area (TPSA) is 78.4 Å². The fourth-order valence-corrected chi connectivity index (χ4v) is 2.62. The van der Waals surface area contributed by atoms with E-state index in [2.05, 4.69) is 10.6 Å². The number of anilines is 1. The van der Waals surface area contributed by atoms with Crippen molar-refractivity contribution in [3.8, 4) is 0 Å². The molecule has 0 unspecified atom stereocenters. The minimum atomic E-state index is -0.672. The van der Waals surface area contributed by atoms with Gasteiger partial charge in [0.25, 0.3) is 0 Å². The van der Waals surface area contributed by atoms with Crippen LogP contribution in [0.2, 0.25) is 0 Å². The summed E-state index contributed by atoms with van der Waals surface area (Å²) in [6.45, 7) is 2.22. The highest BCUT2D eigenvalue weighted by molar-refractivity contribution is 6.39. The SMILES string of the molecule is Cc1ccccc1NC(=O)C(=O)NC[C@H]1CCCC[C@H]1O. The average molecular weight is 290 g/mol. The van der Waals surface area contributed by atoms with Crippen molar-refractivity contribution < 1.29 is 14.7 Å². The Morgan fingerprint density at radius 3 is 2.62 bits per heavy atom. The summed E-state index contributed by atoms with van der Waals surface area (Å²) in [5.74, 6) is -1.28. The van der Waals surface area contributed by atoms with Crippen molar-refractivity contribution in [2.45, 2.75) is 38.7 Å². The number of benzene rings is 1. The molecule has 0 bridgehead atoms. The lowest BCUT2D eigenvalue weighted by molar-refractivity contribution is -0.136. The highest BCUT2D eigenvalue weighted by Gasteiger charge is 2.24. The lowest BCUT2D eigenvalue weighted by atomic mass is 9.86. The number of nitrogens with one attached hydrogen (secondary N) is 2. The molecule has 1 aliphatic rings. The van der Waals surface area contributed by atoms with Crippen LogP contribution in [-0.4, -0.2) is 29.6 Å². The van der Waals surface area contributed by atoms with Gasteiger partial charge >= 0.3 is 11.8 Å². The number of carbonyl (C=O) groups is 2. The van der Waals surface area contributed by atoms with Crippen LogP contribution in [0, 0.1) is 12.8 Å². The second-order valence-corrected chi connectivity index (χ2v) is 5.59. The second kappa shape index (κ2) is 7.22. The molecule has 2 rings (SSSR count). The standard InChI is InChI=1S/C16H22N2O3/c1-11-6-2-4-8-13(11)18-16(21)15(20)17-10-12-7-3-5-9-14(12)19/h2,4,6,8,12,14,19H,3,5,7,9-10H2,1H3,(H,17,20)(H,18,21)/t12-,14-/m1/s1. The highest BCUT2D eigenvalue weighted by Crippen LogP contribution is 2.23. The first-order valence-electron chi connectivity index (χ1n) is 7.41. The molecule has 0 spiro atoms. The number of hydrogen-bond acceptors (Lipinski definition) is 3. The monoisotopic (exact) mass is 290 g/mol. The van der Waals surface area contributed by atoms with Crippen molar-refractivity contribution >= 4 is 17.5 Å². The molecular weight excluding hydrogens is 268 g/mol. The largest absolute Gasteiger partial charge is 0.393 e. The van der Waals surface area contributed by atoms with Crippen LogP contribution in [0.5, 0.6) is 0 Å².